The Morgan fingerprint density at radius 3 is 2.43 bits per heavy atom. The monoisotopic (exact) mass is 348 g/mol. The highest BCUT2D eigenvalue weighted by molar-refractivity contribution is 9.10. The van der Waals surface area contributed by atoms with Crippen molar-refractivity contribution in [2.24, 2.45) is 0 Å². The van der Waals surface area contributed by atoms with Gasteiger partial charge in [0.05, 0.1) is 0 Å². The summed E-state index contributed by atoms with van der Waals surface area (Å²) in [6, 6.07) is 8.16. The smallest absolute Gasteiger partial charge is 0.136 e. The Labute approximate surface area is 134 Å². The van der Waals surface area contributed by atoms with Crippen LogP contribution in [0.3, 0.4) is 0 Å². The lowest BCUT2D eigenvalue weighted by Crippen LogP contribution is -2.23. The fraction of sp³-hybridized carbons (Fsp3) is 0.375. The van der Waals surface area contributed by atoms with Crippen LogP contribution in [0.15, 0.2) is 28.7 Å². The first kappa shape index (κ1) is 15.8. The molecule has 0 bridgehead atoms. The molecule has 0 aliphatic carbocycles. The molecule has 0 unspecified atom stereocenters. The molecule has 0 radical (unpaired) electrons. The molecule has 112 valence electrons. The zero-order valence-electron chi connectivity index (χ0n) is 12.9. The summed E-state index contributed by atoms with van der Waals surface area (Å²) in [5.41, 5.74) is 2.23. The van der Waals surface area contributed by atoms with Crippen LogP contribution in [0.1, 0.15) is 25.2 Å². The molecule has 1 N–H and O–H groups in total. The van der Waals surface area contributed by atoms with E-state index in [4.69, 9.17) is 0 Å². The highest BCUT2D eigenvalue weighted by Crippen LogP contribution is 2.24. The van der Waals surface area contributed by atoms with Crippen LogP contribution in [0, 0.1) is 13.8 Å². The Bertz CT molecular complexity index is 624. The summed E-state index contributed by atoms with van der Waals surface area (Å²) in [5, 5.41) is 3.39. The van der Waals surface area contributed by atoms with Gasteiger partial charge in [-0.2, -0.15) is 0 Å². The normalized spacial score (nSPS) is 10.5. The Balaban J connectivity index is 2.31. The second-order valence-corrected chi connectivity index (χ2v) is 5.83. The lowest BCUT2D eigenvalue weighted by atomic mass is 10.2. The predicted molar refractivity (Wildman–Crippen MR) is 92.5 cm³/mol. The van der Waals surface area contributed by atoms with Crippen molar-refractivity contribution in [2.75, 3.05) is 23.3 Å². The van der Waals surface area contributed by atoms with Gasteiger partial charge in [-0.1, -0.05) is 15.9 Å². The summed E-state index contributed by atoms with van der Waals surface area (Å²) in [5.74, 6) is 2.57. The first-order valence-corrected chi connectivity index (χ1v) is 7.96. The molecular formula is C16H21BrN4. The third-order valence-corrected chi connectivity index (χ3v) is 3.86. The van der Waals surface area contributed by atoms with Crippen LogP contribution in [0.5, 0.6) is 0 Å². The average molecular weight is 349 g/mol. The van der Waals surface area contributed by atoms with Gasteiger partial charge in [0.15, 0.2) is 0 Å². The van der Waals surface area contributed by atoms with E-state index in [1.54, 1.807) is 0 Å². The van der Waals surface area contributed by atoms with Gasteiger partial charge in [-0.05, 0) is 51.5 Å². The van der Waals surface area contributed by atoms with Crippen molar-refractivity contribution in [3.8, 4) is 0 Å². The molecule has 0 saturated heterocycles. The van der Waals surface area contributed by atoms with Crippen molar-refractivity contribution in [3.05, 3.63) is 40.1 Å². The van der Waals surface area contributed by atoms with Gasteiger partial charge in [0.25, 0.3) is 0 Å². The van der Waals surface area contributed by atoms with Crippen LogP contribution in [-0.2, 0) is 0 Å². The summed E-state index contributed by atoms with van der Waals surface area (Å²) in [6.45, 7) is 10.1. The van der Waals surface area contributed by atoms with Gasteiger partial charge in [-0.3, -0.25) is 0 Å². The molecule has 0 saturated carbocycles. The Hall–Kier alpha value is -1.62. The highest BCUT2D eigenvalue weighted by atomic mass is 79.9. The topological polar surface area (TPSA) is 41.0 Å². The average Bonchev–Trinajstić information content (AvgIpc) is 2.43. The highest BCUT2D eigenvalue weighted by Gasteiger charge is 2.08. The van der Waals surface area contributed by atoms with Crippen molar-refractivity contribution in [1.82, 2.24) is 9.97 Å². The molecule has 0 amide bonds. The maximum absolute atomic E-state index is 4.52. The summed E-state index contributed by atoms with van der Waals surface area (Å²) in [4.78, 5) is 11.2. The van der Waals surface area contributed by atoms with Crippen LogP contribution in [-0.4, -0.2) is 23.1 Å². The molecule has 0 fully saturated rings. The Kier molecular flexibility index (Phi) is 5.17. The first-order chi connectivity index (χ1) is 10.0. The van der Waals surface area contributed by atoms with Crippen molar-refractivity contribution < 1.29 is 0 Å². The molecule has 0 aliphatic heterocycles. The number of hydrogen-bond donors (Lipinski definition) is 1. The summed E-state index contributed by atoms with van der Waals surface area (Å²) in [6.07, 6.45) is 0. The summed E-state index contributed by atoms with van der Waals surface area (Å²) < 4.78 is 1.08. The van der Waals surface area contributed by atoms with Crippen LogP contribution >= 0.6 is 15.9 Å². The quantitative estimate of drug-likeness (QED) is 0.866. The number of aryl methyl sites for hydroxylation is 2. The van der Waals surface area contributed by atoms with Gasteiger partial charge < -0.3 is 10.2 Å². The Morgan fingerprint density at radius 1 is 1.10 bits per heavy atom. The van der Waals surface area contributed by atoms with E-state index in [1.807, 2.05) is 25.1 Å². The predicted octanol–water partition coefficient (Wildman–Crippen LogP) is 4.45. The minimum atomic E-state index is 0.775. The van der Waals surface area contributed by atoms with Crippen molar-refractivity contribution in [3.63, 3.8) is 0 Å². The molecule has 1 heterocycles. The van der Waals surface area contributed by atoms with Gasteiger partial charge in [-0.15, -0.1) is 0 Å². The zero-order valence-corrected chi connectivity index (χ0v) is 14.5. The molecule has 21 heavy (non-hydrogen) atoms. The number of nitrogens with one attached hydrogen (secondary N) is 1. The van der Waals surface area contributed by atoms with Gasteiger partial charge in [0.2, 0.25) is 0 Å². The van der Waals surface area contributed by atoms with E-state index in [1.165, 1.54) is 5.56 Å². The fourth-order valence-corrected chi connectivity index (χ4v) is 2.71. The SMILES string of the molecule is CCN(CC)c1cc(Nc2ccc(Br)cc2C)nc(C)n1. The molecule has 2 aromatic rings. The third-order valence-electron chi connectivity index (χ3n) is 3.36. The largest absolute Gasteiger partial charge is 0.357 e. The molecule has 2 rings (SSSR count). The first-order valence-electron chi connectivity index (χ1n) is 7.17. The van der Waals surface area contributed by atoms with Gasteiger partial charge >= 0.3 is 0 Å². The number of benzene rings is 1. The fourth-order valence-electron chi connectivity index (χ4n) is 2.23. The van der Waals surface area contributed by atoms with Crippen molar-refractivity contribution in [2.45, 2.75) is 27.7 Å². The second kappa shape index (κ2) is 6.89. The minimum absolute atomic E-state index is 0.775. The van der Waals surface area contributed by atoms with Crippen LogP contribution in [0.25, 0.3) is 0 Å². The van der Waals surface area contributed by atoms with Gasteiger partial charge in [-0.25, -0.2) is 9.97 Å². The molecule has 0 spiro atoms. The third kappa shape index (κ3) is 3.94. The van der Waals surface area contributed by atoms with Crippen molar-refractivity contribution >= 4 is 33.3 Å². The Morgan fingerprint density at radius 2 is 1.81 bits per heavy atom. The van der Waals surface area contributed by atoms with Crippen molar-refractivity contribution in [1.29, 1.82) is 0 Å². The van der Waals surface area contributed by atoms with Crippen LogP contribution < -0.4 is 10.2 Å². The lowest BCUT2D eigenvalue weighted by molar-refractivity contribution is 0.835. The zero-order chi connectivity index (χ0) is 15.4. The maximum Gasteiger partial charge on any atom is 0.136 e. The standard InChI is InChI=1S/C16H21BrN4/c1-5-21(6-2)16-10-15(18-12(4)19-16)20-14-8-7-13(17)9-11(14)3/h7-10H,5-6H2,1-4H3,(H,18,19,20). The number of rotatable bonds is 5. The van der Waals surface area contributed by atoms with E-state index >= 15 is 0 Å². The van der Waals surface area contributed by atoms with E-state index < -0.39 is 0 Å². The second-order valence-electron chi connectivity index (χ2n) is 4.92. The number of hydrogen-bond acceptors (Lipinski definition) is 4. The molecular weight excluding hydrogens is 328 g/mol. The minimum Gasteiger partial charge on any atom is -0.357 e. The molecule has 4 nitrogen and oxygen atoms in total. The van der Waals surface area contributed by atoms with Gasteiger partial charge in [0.1, 0.15) is 17.5 Å². The summed E-state index contributed by atoms with van der Waals surface area (Å²) in [7, 11) is 0. The maximum atomic E-state index is 4.52. The van der Waals surface area contributed by atoms with Crippen LogP contribution in [0.2, 0.25) is 0 Å². The van der Waals surface area contributed by atoms with E-state index in [-0.39, 0.29) is 0 Å². The van der Waals surface area contributed by atoms with Gasteiger partial charge in [0, 0.05) is 29.3 Å². The number of halogens is 1. The number of aromatic nitrogens is 2. The van der Waals surface area contributed by atoms with E-state index in [2.05, 4.69) is 63.0 Å². The van der Waals surface area contributed by atoms with E-state index in [0.717, 1.165) is 40.7 Å². The van der Waals surface area contributed by atoms with E-state index in [9.17, 15) is 0 Å². The molecule has 5 heteroatoms. The number of nitrogens with zero attached hydrogens (tertiary/aromatic N) is 3. The lowest BCUT2D eigenvalue weighted by Gasteiger charge is -2.21. The molecule has 1 aromatic carbocycles. The molecule has 0 aliphatic rings. The molecule has 1 aromatic heterocycles. The van der Waals surface area contributed by atoms with E-state index in [0.29, 0.717) is 0 Å². The molecule has 0 atom stereocenters. The summed E-state index contributed by atoms with van der Waals surface area (Å²) >= 11 is 3.48. The number of anilines is 3. The van der Waals surface area contributed by atoms with Crippen LogP contribution in [0.4, 0.5) is 17.3 Å².